The Morgan fingerprint density at radius 1 is 0.552 bits per heavy atom. The molecule has 274 valence electrons. The number of rotatable bonds is 5. The molecule has 2 unspecified atom stereocenters. The minimum atomic E-state index is -0.362. The van der Waals surface area contributed by atoms with Gasteiger partial charge in [0.25, 0.3) is 0 Å². The molecular formula is C53H36N4O. The van der Waals surface area contributed by atoms with E-state index in [2.05, 4.69) is 193 Å². The Balaban J connectivity index is 1.02. The largest absolute Gasteiger partial charge is 0.456 e. The first-order valence-corrected chi connectivity index (χ1v) is 19.9. The number of furan rings is 1. The number of aliphatic imine (C=N–C) groups is 2. The summed E-state index contributed by atoms with van der Waals surface area (Å²) in [7, 11) is 2.10. The zero-order chi connectivity index (χ0) is 38.3. The summed E-state index contributed by atoms with van der Waals surface area (Å²) in [6.45, 7) is 0. The average molecular weight is 745 g/mol. The SMILES string of the molecule is CN1C(c2ccc(-c3ccccc3)cc2)=NC(C2NC=C(c3ccc4c5c(cccc35)-c3ccccc3-4)c3oc4ccccc4c32)=NC1c1ccc2ccccc2c1. The van der Waals surface area contributed by atoms with E-state index >= 15 is 0 Å². The number of hydrogen-bond donors (Lipinski definition) is 1. The molecule has 0 saturated carbocycles. The van der Waals surface area contributed by atoms with Crippen molar-refractivity contribution in [2.24, 2.45) is 9.98 Å². The van der Waals surface area contributed by atoms with Gasteiger partial charge in [-0.3, -0.25) is 0 Å². The molecule has 1 aromatic heterocycles. The van der Waals surface area contributed by atoms with Crippen molar-refractivity contribution in [2.45, 2.75) is 12.2 Å². The van der Waals surface area contributed by atoms with Crippen molar-refractivity contribution in [3.63, 3.8) is 0 Å². The number of benzene rings is 8. The van der Waals surface area contributed by atoms with E-state index in [4.69, 9.17) is 14.4 Å². The van der Waals surface area contributed by atoms with Gasteiger partial charge in [0.15, 0.2) is 5.84 Å². The van der Waals surface area contributed by atoms with Crippen molar-refractivity contribution in [3.05, 3.63) is 210 Å². The Morgan fingerprint density at radius 2 is 1.21 bits per heavy atom. The van der Waals surface area contributed by atoms with Crippen molar-refractivity contribution in [3.8, 4) is 33.4 Å². The Hall–Kier alpha value is -7.50. The first-order chi connectivity index (χ1) is 28.7. The van der Waals surface area contributed by atoms with E-state index in [9.17, 15) is 0 Å². The average Bonchev–Trinajstić information content (AvgIpc) is 3.84. The molecule has 8 aromatic carbocycles. The number of nitrogens with one attached hydrogen (secondary N) is 1. The molecule has 0 fully saturated rings. The van der Waals surface area contributed by atoms with Crippen LogP contribution in [0.3, 0.4) is 0 Å². The van der Waals surface area contributed by atoms with Crippen LogP contribution in [0.5, 0.6) is 0 Å². The van der Waals surface area contributed by atoms with Crippen molar-refractivity contribution >= 4 is 49.8 Å². The lowest BCUT2D eigenvalue weighted by Gasteiger charge is -2.35. The number of amidine groups is 2. The van der Waals surface area contributed by atoms with E-state index in [0.717, 1.165) is 56.0 Å². The van der Waals surface area contributed by atoms with Crippen molar-refractivity contribution in [2.75, 3.05) is 7.05 Å². The highest BCUT2D eigenvalue weighted by Gasteiger charge is 2.36. The van der Waals surface area contributed by atoms with Gasteiger partial charge in [-0.15, -0.1) is 0 Å². The lowest BCUT2D eigenvalue weighted by atomic mass is 9.88. The molecule has 5 nitrogen and oxygen atoms in total. The van der Waals surface area contributed by atoms with Gasteiger partial charge in [-0.25, -0.2) is 9.98 Å². The molecule has 3 aliphatic rings. The van der Waals surface area contributed by atoms with Gasteiger partial charge >= 0.3 is 0 Å². The van der Waals surface area contributed by atoms with Gasteiger partial charge in [-0.1, -0.05) is 164 Å². The minimum absolute atomic E-state index is 0.312. The topological polar surface area (TPSA) is 53.1 Å². The van der Waals surface area contributed by atoms with Crippen LogP contribution in [-0.2, 0) is 0 Å². The maximum atomic E-state index is 6.89. The Bertz CT molecular complexity index is 3200. The molecule has 58 heavy (non-hydrogen) atoms. The lowest BCUT2D eigenvalue weighted by Crippen LogP contribution is -2.39. The number of para-hydroxylation sites is 1. The van der Waals surface area contributed by atoms with Crippen LogP contribution in [0.1, 0.15) is 40.2 Å². The first kappa shape index (κ1) is 32.7. The molecule has 2 aliphatic heterocycles. The fourth-order valence-corrected chi connectivity index (χ4v) is 9.37. The fourth-order valence-electron chi connectivity index (χ4n) is 9.37. The third-order valence-electron chi connectivity index (χ3n) is 12.2. The van der Waals surface area contributed by atoms with E-state index in [1.165, 1.54) is 49.4 Å². The molecule has 1 N–H and O–H groups in total. The maximum absolute atomic E-state index is 6.89. The van der Waals surface area contributed by atoms with Gasteiger partial charge in [-0.2, -0.15) is 0 Å². The van der Waals surface area contributed by atoms with Crippen molar-refractivity contribution in [1.82, 2.24) is 10.2 Å². The smallest absolute Gasteiger partial charge is 0.155 e. The molecular weight excluding hydrogens is 709 g/mol. The fraction of sp³-hybridized carbons (Fsp3) is 0.0566. The van der Waals surface area contributed by atoms with Gasteiger partial charge in [0.1, 0.15) is 29.4 Å². The van der Waals surface area contributed by atoms with E-state index in [1.54, 1.807) is 0 Å². The van der Waals surface area contributed by atoms with E-state index in [1.807, 2.05) is 6.07 Å². The summed E-state index contributed by atoms with van der Waals surface area (Å²) in [5.74, 6) is 2.41. The van der Waals surface area contributed by atoms with Crippen molar-refractivity contribution < 1.29 is 4.42 Å². The molecule has 2 atom stereocenters. The summed E-state index contributed by atoms with van der Waals surface area (Å²) in [6.07, 6.45) is 1.81. The summed E-state index contributed by atoms with van der Waals surface area (Å²) in [6, 6.07) is 62.3. The summed E-state index contributed by atoms with van der Waals surface area (Å²) in [5.41, 5.74) is 13.6. The van der Waals surface area contributed by atoms with Gasteiger partial charge in [0.05, 0.1) is 0 Å². The molecule has 0 bridgehead atoms. The molecule has 0 spiro atoms. The second-order valence-electron chi connectivity index (χ2n) is 15.4. The highest BCUT2D eigenvalue weighted by Crippen LogP contribution is 2.50. The molecule has 3 heterocycles. The summed E-state index contributed by atoms with van der Waals surface area (Å²) in [5, 5.41) is 9.76. The van der Waals surface area contributed by atoms with Gasteiger partial charge in [0, 0.05) is 35.3 Å². The Morgan fingerprint density at radius 3 is 2.05 bits per heavy atom. The monoisotopic (exact) mass is 744 g/mol. The van der Waals surface area contributed by atoms with Crippen LogP contribution < -0.4 is 5.32 Å². The van der Waals surface area contributed by atoms with Crippen LogP contribution in [0.25, 0.3) is 71.5 Å². The maximum Gasteiger partial charge on any atom is 0.155 e. The molecule has 1 aliphatic carbocycles. The summed E-state index contributed by atoms with van der Waals surface area (Å²) < 4.78 is 6.89. The number of fused-ring (bicyclic) bond motifs is 7. The second-order valence-corrected chi connectivity index (χ2v) is 15.4. The first-order valence-electron chi connectivity index (χ1n) is 19.9. The second kappa shape index (κ2) is 12.8. The van der Waals surface area contributed by atoms with Crippen LogP contribution in [-0.4, -0.2) is 23.6 Å². The molecule has 5 heteroatoms. The normalized spacial score (nSPS) is 16.8. The standard InChI is InChI=1S/C53H36N4O/c1-57-52(35-25-22-34(23-26-35)32-12-3-2-4-13-32)55-51(56-53(57)37-27-24-33-14-5-6-15-36(33)30-37)49-48-44-18-9-10-21-46(44)58-50(48)45(31-54-49)40-28-29-43-39-17-8-7-16-38(39)41-19-11-20-42(40)47(41)43/h2-31,49,53-54H,1H3. The predicted molar refractivity (Wildman–Crippen MR) is 238 cm³/mol. The third kappa shape index (κ3) is 4.96. The minimum Gasteiger partial charge on any atom is -0.456 e. The van der Waals surface area contributed by atoms with Crippen LogP contribution in [0.4, 0.5) is 0 Å². The van der Waals surface area contributed by atoms with Crippen LogP contribution >= 0.6 is 0 Å². The van der Waals surface area contributed by atoms with E-state index in [0.29, 0.717) is 5.84 Å². The number of nitrogens with zero attached hydrogens (tertiary/aromatic N) is 3. The highest BCUT2D eigenvalue weighted by molar-refractivity contribution is 6.18. The quantitative estimate of drug-likeness (QED) is 0.191. The van der Waals surface area contributed by atoms with Crippen LogP contribution in [0.15, 0.2) is 197 Å². The van der Waals surface area contributed by atoms with E-state index < -0.39 is 0 Å². The Kier molecular flexibility index (Phi) is 7.20. The molecule has 0 saturated heterocycles. The number of hydrogen-bond acceptors (Lipinski definition) is 5. The van der Waals surface area contributed by atoms with E-state index in [-0.39, 0.29) is 12.2 Å². The summed E-state index contributed by atoms with van der Waals surface area (Å²) >= 11 is 0. The van der Waals surface area contributed by atoms with Gasteiger partial charge in [0.2, 0.25) is 0 Å². The molecule has 12 rings (SSSR count). The van der Waals surface area contributed by atoms with Crippen LogP contribution in [0.2, 0.25) is 0 Å². The van der Waals surface area contributed by atoms with Gasteiger partial charge < -0.3 is 14.6 Å². The Labute approximate surface area is 336 Å². The highest BCUT2D eigenvalue weighted by atomic mass is 16.3. The molecule has 0 radical (unpaired) electrons. The zero-order valence-electron chi connectivity index (χ0n) is 31.7. The summed E-state index contributed by atoms with van der Waals surface area (Å²) in [4.78, 5) is 13.2. The lowest BCUT2D eigenvalue weighted by molar-refractivity contribution is 0.380. The van der Waals surface area contributed by atoms with Gasteiger partial charge in [-0.05, 0) is 78.2 Å². The molecule has 9 aromatic rings. The van der Waals surface area contributed by atoms with Crippen LogP contribution in [0, 0.1) is 0 Å². The third-order valence-corrected chi connectivity index (χ3v) is 12.2. The molecule has 0 amide bonds. The van der Waals surface area contributed by atoms with Crippen molar-refractivity contribution in [1.29, 1.82) is 0 Å². The predicted octanol–water partition coefficient (Wildman–Crippen LogP) is 12.6. The zero-order valence-corrected chi connectivity index (χ0v) is 31.7.